The van der Waals surface area contributed by atoms with Gasteiger partial charge in [0.25, 0.3) is 0 Å². The normalized spacial score (nSPS) is 13.6. The van der Waals surface area contributed by atoms with Crippen LogP contribution >= 0.6 is 0 Å². The number of esters is 1. The predicted octanol–water partition coefficient (Wildman–Crippen LogP) is 7.85. The van der Waals surface area contributed by atoms with Crippen LogP contribution in [0.25, 0.3) is 0 Å². The van der Waals surface area contributed by atoms with E-state index in [1.165, 1.54) is 103 Å². The number of unbranched alkanes of at least 4 members (excludes halogenated alkanes) is 13. The second kappa shape index (κ2) is 78.7. The van der Waals surface area contributed by atoms with Crippen LogP contribution in [0.15, 0.2) is 12.2 Å². The van der Waals surface area contributed by atoms with Crippen molar-refractivity contribution in [3.63, 3.8) is 0 Å². The molecule has 0 amide bonds. The summed E-state index contributed by atoms with van der Waals surface area (Å²) in [6, 6.07) is 0. The van der Waals surface area contributed by atoms with Crippen LogP contribution in [0.1, 0.15) is 123 Å². The standard InChI is InChI=1S/C70H139N2O22/c1-4-6-8-9-10-11-12-13-14-15-16-17-18-19-20-21-29-74-30-31-75-32-33-76-34-35-77-36-37-78-38-39-79-40-41-80-42-43-81-44-45-82-46-47-83-48-49-84-50-51-85-52-53-86-54-55-87-56-57-88-58-59-89-60-61-90-62-63-91-64-65-92-66-67-93-68-69-94-70(73)22-23-71-24-27-72(3,28-25-71)26-7-5-2/h13-14H,4-12,15-69H2,1-3H3/q+1/b14-13-. The lowest BCUT2D eigenvalue weighted by molar-refractivity contribution is -0.913. The number of hydrogen-bond acceptors (Lipinski definition) is 23. The zero-order chi connectivity index (χ0) is 67.2. The molecule has 1 rings (SSSR count). The minimum Gasteiger partial charge on any atom is -0.463 e. The van der Waals surface area contributed by atoms with Crippen molar-refractivity contribution < 1.29 is 109 Å². The van der Waals surface area contributed by atoms with Gasteiger partial charge in [-0.1, -0.05) is 90.2 Å². The molecule has 24 nitrogen and oxygen atoms in total. The molecule has 1 aliphatic rings. The topological polar surface area (TPSA) is 214 Å². The lowest BCUT2D eigenvalue weighted by Gasteiger charge is -2.42. The van der Waals surface area contributed by atoms with Crippen LogP contribution in [0.4, 0.5) is 0 Å². The van der Waals surface area contributed by atoms with E-state index >= 15 is 0 Å². The van der Waals surface area contributed by atoms with E-state index in [4.69, 9.17) is 99.5 Å². The quantitative estimate of drug-likeness (QED) is 0.0245. The molecule has 0 aromatic carbocycles. The first kappa shape index (κ1) is 90.3. The molecule has 560 valence electrons. The van der Waals surface area contributed by atoms with Gasteiger partial charge in [0.1, 0.15) is 6.61 Å². The van der Waals surface area contributed by atoms with Gasteiger partial charge in [0, 0.05) is 26.2 Å². The van der Waals surface area contributed by atoms with Crippen molar-refractivity contribution in [1.29, 1.82) is 0 Å². The van der Waals surface area contributed by atoms with E-state index in [1.54, 1.807) is 0 Å². The first-order valence-electron chi connectivity index (χ1n) is 36.5. The van der Waals surface area contributed by atoms with Crippen molar-refractivity contribution in [2.75, 3.05) is 317 Å². The van der Waals surface area contributed by atoms with Crippen LogP contribution in [0.2, 0.25) is 0 Å². The summed E-state index contributed by atoms with van der Waals surface area (Å²) in [4.78, 5) is 14.5. The van der Waals surface area contributed by atoms with Gasteiger partial charge in [-0.25, -0.2) is 0 Å². The van der Waals surface area contributed by atoms with Crippen LogP contribution in [0.3, 0.4) is 0 Å². The molecule has 0 aliphatic carbocycles. The maximum Gasteiger partial charge on any atom is 0.307 e. The summed E-state index contributed by atoms with van der Waals surface area (Å²) < 4.78 is 118. The number of quaternary nitrogens is 1. The summed E-state index contributed by atoms with van der Waals surface area (Å²) in [6.07, 6.45) is 26.1. The Hall–Kier alpha value is -1.67. The second-order valence-electron chi connectivity index (χ2n) is 23.1. The van der Waals surface area contributed by atoms with E-state index in [9.17, 15) is 4.79 Å². The number of rotatable bonds is 82. The van der Waals surface area contributed by atoms with Crippen molar-refractivity contribution in [2.24, 2.45) is 0 Å². The average molecular weight is 1360 g/mol. The highest BCUT2D eigenvalue weighted by Gasteiger charge is 2.28. The van der Waals surface area contributed by atoms with Gasteiger partial charge in [-0.3, -0.25) is 9.69 Å². The predicted molar refractivity (Wildman–Crippen MR) is 364 cm³/mol. The zero-order valence-corrected chi connectivity index (χ0v) is 59.8. The molecular weight excluding hydrogens is 1220 g/mol. The maximum atomic E-state index is 12.1. The third kappa shape index (κ3) is 73.1. The number of allylic oxidation sites excluding steroid dienone is 2. The van der Waals surface area contributed by atoms with Gasteiger partial charge in [0.15, 0.2) is 0 Å². The fourth-order valence-electron chi connectivity index (χ4n) is 9.24. The van der Waals surface area contributed by atoms with Gasteiger partial charge in [-0.15, -0.1) is 0 Å². The minimum atomic E-state index is -0.168. The van der Waals surface area contributed by atoms with Crippen molar-refractivity contribution in [1.82, 2.24) is 4.90 Å². The van der Waals surface area contributed by atoms with E-state index in [0.717, 1.165) is 50.2 Å². The van der Waals surface area contributed by atoms with Crippen molar-refractivity contribution >= 4 is 5.97 Å². The van der Waals surface area contributed by atoms with Gasteiger partial charge in [0.2, 0.25) is 0 Å². The molecule has 24 heteroatoms. The van der Waals surface area contributed by atoms with Crippen molar-refractivity contribution in [2.45, 2.75) is 123 Å². The van der Waals surface area contributed by atoms with Gasteiger partial charge in [-0.05, 0) is 38.5 Å². The largest absolute Gasteiger partial charge is 0.463 e. The molecule has 0 saturated carbocycles. The summed E-state index contributed by atoms with van der Waals surface area (Å²) >= 11 is 0. The summed E-state index contributed by atoms with van der Waals surface area (Å²) in [6.45, 7) is 31.3. The third-order valence-corrected chi connectivity index (χ3v) is 15.0. The van der Waals surface area contributed by atoms with Gasteiger partial charge >= 0.3 is 5.97 Å². The number of carbonyl (C=O) groups is 1. The molecular formula is C70H139N2O22+. The first-order valence-corrected chi connectivity index (χ1v) is 36.5. The molecule has 0 aromatic rings. The van der Waals surface area contributed by atoms with E-state index < -0.39 is 0 Å². The SMILES string of the molecule is CCCCCCCC/C=C\CCCCCCCCOCCOCCOCCOCCOCCOCCOCCOCCOCCOCCOCCOCCOCCOCCOCCOCCOCCOCCOCCOCCOC(=O)CCN1CC[N+](C)(CCCC)CC1. The Bertz CT molecular complexity index is 1480. The smallest absolute Gasteiger partial charge is 0.307 e. The van der Waals surface area contributed by atoms with Gasteiger partial charge < -0.3 is 104 Å². The second-order valence-corrected chi connectivity index (χ2v) is 23.1. The van der Waals surface area contributed by atoms with Crippen LogP contribution in [-0.2, 0) is 104 Å². The molecule has 94 heavy (non-hydrogen) atoms. The molecule has 1 fully saturated rings. The number of likely N-dealkylation sites (N-methyl/N-ethyl adjacent to an activating group) is 1. The first-order chi connectivity index (χ1) is 46.6. The molecule has 0 bridgehead atoms. The fraction of sp³-hybridized carbons (Fsp3) is 0.957. The van der Waals surface area contributed by atoms with Crippen LogP contribution < -0.4 is 0 Å². The Balaban J connectivity index is 1.60. The Labute approximate surface area is 570 Å². The Morgan fingerprint density at radius 3 is 0.777 bits per heavy atom. The molecule has 1 heterocycles. The monoisotopic (exact) mass is 1360 g/mol. The van der Waals surface area contributed by atoms with Crippen LogP contribution in [0.5, 0.6) is 0 Å². The Morgan fingerprint density at radius 1 is 0.287 bits per heavy atom. The third-order valence-electron chi connectivity index (χ3n) is 15.0. The molecule has 1 aliphatic heterocycles. The summed E-state index contributed by atoms with van der Waals surface area (Å²) in [5, 5.41) is 0. The summed E-state index contributed by atoms with van der Waals surface area (Å²) in [7, 11) is 2.35. The maximum absolute atomic E-state index is 12.1. The molecule has 0 radical (unpaired) electrons. The zero-order valence-electron chi connectivity index (χ0n) is 59.8. The number of carbonyl (C=O) groups excluding carboxylic acids is 1. The molecule has 0 unspecified atom stereocenters. The van der Waals surface area contributed by atoms with Gasteiger partial charge in [-0.2, -0.15) is 0 Å². The highest BCUT2D eigenvalue weighted by Crippen LogP contribution is 2.13. The van der Waals surface area contributed by atoms with E-state index in [0.29, 0.717) is 264 Å². The van der Waals surface area contributed by atoms with Crippen molar-refractivity contribution in [3.05, 3.63) is 12.2 Å². The molecule has 0 spiro atoms. The highest BCUT2D eigenvalue weighted by atomic mass is 16.6. The number of ether oxygens (including phenoxy) is 21. The lowest BCUT2D eigenvalue weighted by Crippen LogP contribution is -2.57. The highest BCUT2D eigenvalue weighted by molar-refractivity contribution is 5.69. The minimum absolute atomic E-state index is 0.168. The van der Waals surface area contributed by atoms with E-state index in [1.807, 2.05) is 0 Å². The fourth-order valence-corrected chi connectivity index (χ4v) is 9.24. The number of hydrogen-bond donors (Lipinski definition) is 0. The Morgan fingerprint density at radius 2 is 0.511 bits per heavy atom. The van der Waals surface area contributed by atoms with Gasteiger partial charge in [0.05, 0.1) is 291 Å². The number of nitrogens with zero attached hydrogens (tertiary/aromatic N) is 2. The van der Waals surface area contributed by atoms with E-state index in [2.05, 4.69) is 37.9 Å². The molecule has 0 aromatic heterocycles. The van der Waals surface area contributed by atoms with Crippen LogP contribution in [0, 0.1) is 0 Å². The summed E-state index contributed by atoms with van der Waals surface area (Å²) in [5.41, 5.74) is 0. The lowest BCUT2D eigenvalue weighted by atomic mass is 10.1. The molecule has 0 atom stereocenters. The Kier molecular flexibility index (Phi) is 75.6. The van der Waals surface area contributed by atoms with E-state index in [-0.39, 0.29) is 12.6 Å². The number of piperazine rings is 1. The van der Waals surface area contributed by atoms with Crippen LogP contribution in [-0.4, -0.2) is 333 Å². The molecule has 1 saturated heterocycles. The average Bonchev–Trinajstić information content (AvgIpc) is 0.919. The summed E-state index contributed by atoms with van der Waals surface area (Å²) in [5.74, 6) is -0.168. The molecule has 0 N–H and O–H groups in total. The van der Waals surface area contributed by atoms with Crippen molar-refractivity contribution in [3.8, 4) is 0 Å².